The molecule has 0 saturated carbocycles. The van der Waals surface area contributed by atoms with Gasteiger partial charge >= 0.3 is 0 Å². The van der Waals surface area contributed by atoms with Gasteiger partial charge in [-0.15, -0.1) is 12.4 Å². The van der Waals surface area contributed by atoms with E-state index in [1.807, 2.05) is 4.90 Å². The van der Waals surface area contributed by atoms with Gasteiger partial charge in [-0.25, -0.2) is 8.78 Å². The highest BCUT2D eigenvalue weighted by Crippen LogP contribution is 2.32. The van der Waals surface area contributed by atoms with E-state index < -0.39 is 5.92 Å². The maximum absolute atomic E-state index is 12.9. The minimum atomic E-state index is -2.44. The molecule has 5 heteroatoms. The zero-order valence-electron chi connectivity index (χ0n) is 9.06. The quantitative estimate of drug-likeness (QED) is 0.791. The van der Waals surface area contributed by atoms with Gasteiger partial charge in [0, 0.05) is 26.1 Å². The highest BCUT2D eigenvalue weighted by molar-refractivity contribution is 5.85. The van der Waals surface area contributed by atoms with E-state index in [9.17, 15) is 8.78 Å². The number of halogens is 3. The molecular weight excluding hydrogens is 222 g/mol. The van der Waals surface area contributed by atoms with E-state index in [0.717, 1.165) is 26.1 Å². The number of alkyl halides is 2. The Morgan fingerprint density at radius 3 is 2.53 bits per heavy atom. The molecule has 1 atom stereocenters. The molecule has 2 nitrogen and oxygen atoms in total. The van der Waals surface area contributed by atoms with E-state index in [-0.39, 0.29) is 30.8 Å². The second-order valence-corrected chi connectivity index (χ2v) is 5.05. The smallest absolute Gasteiger partial charge is 0.261 e. The lowest BCUT2D eigenvalue weighted by Gasteiger charge is -2.28. The first-order chi connectivity index (χ1) is 6.49. The van der Waals surface area contributed by atoms with Crippen molar-refractivity contribution in [3.05, 3.63) is 0 Å². The molecule has 0 spiro atoms. The van der Waals surface area contributed by atoms with Crippen molar-refractivity contribution in [1.29, 1.82) is 0 Å². The molecule has 90 valence electrons. The molecule has 0 aliphatic carbocycles. The Morgan fingerprint density at radius 2 is 2.07 bits per heavy atom. The lowest BCUT2D eigenvalue weighted by atomic mass is 9.89. The third-order valence-electron chi connectivity index (χ3n) is 3.31. The molecule has 0 aromatic heterocycles. The van der Waals surface area contributed by atoms with Gasteiger partial charge in [-0.2, -0.15) is 0 Å². The average Bonchev–Trinajstić information content (AvgIpc) is 2.59. The second kappa shape index (κ2) is 4.52. The lowest BCUT2D eigenvalue weighted by Crippen LogP contribution is -2.37. The van der Waals surface area contributed by atoms with Crippen LogP contribution >= 0.6 is 12.4 Å². The van der Waals surface area contributed by atoms with Crippen molar-refractivity contribution in [1.82, 2.24) is 10.2 Å². The first-order valence-corrected chi connectivity index (χ1v) is 5.30. The van der Waals surface area contributed by atoms with Crippen molar-refractivity contribution in [3.8, 4) is 0 Å². The lowest BCUT2D eigenvalue weighted by molar-refractivity contribution is 0.00893. The van der Waals surface area contributed by atoms with Crippen molar-refractivity contribution in [2.45, 2.75) is 25.7 Å². The van der Waals surface area contributed by atoms with Gasteiger partial charge in [-0.3, -0.25) is 4.90 Å². The van der Waals surface area contributed by atoms with Crippen molar-refractivity contribution < 1.29 is 8.78 Å². The molecule has 2 heterocycles. The summed E-state index contributed by atoms with van der Waals surface area (Å²) in [5.74, 6) is -2.44. The molecule has 1 N–H and O–H groups in total. The second-order valence-electron chi connectivity index (χ2n) is 5.05. The Morgan fingerprint density at radius 1 is 1.33 bits per heavy atom. The van der Waals surface area contributed by atoms with Crippen LogP contribution in [0.2, 0.25) is 0 Å². The van der Waals surface area contributed by atoms with Crippen LogP contribution in [-0.4, -0.2) is 43.5 Å². The molecule has 2 aliphatic rings. The van der Waals surface area contributed by atoms with Gasteiger partial charge in [0.25, 0.3) is 5.92 Å². The maximum Gasteiger partial charge on any atom is 0.261 e. The van der Waals surface area contributed by atoms with Crippen molar-refractivity contribution >= 4 is 12.4 Å². The largest absolute Gasteiger partial charge is 0.316 e. The zero-order valence-corrected chi connectivity index (χ0v) is 9.88. The Balaban J connectivity index is 0.00000112. The van der Waals surface area contributed by atoms with Gasteiger partial charge in [0.15, 0.2) is 0 Å². The van der Waals surface area contributed by atoms with Crippen LogP contribution in [0.25, 0.3) is 0 Å². The van der Waals surface area contributed by atoms with Crippen LogP contribution < -0.4 is 5.32 Å². The fourth-order valence-electron chi connectivity index (χ4n) is 2.49. The number of nitrogens with zero attached hydrogens (tertiary/aromatic N) is 1. The minimum Gasteiger partial charge on any atom is -0.316 e. The van der Waals surface area contributed by atoms with Crippen LogP contribution in [-0.2, 0) is 0 Å². The SMILES string of the molecule is CC1(CN2CCC(F)(F)C2)CCNC1.Cl. The summed E-state index contributed by atoms with van der Waals surface area (Å²) >= 11 is 0. The predicted molar refractivity (Wildman–Crippen MR) is 58.8 cm³/mol. The third-order valence-corrected chi connectivity index (χ3v) is 3.31. The number of hydrogen-bond donors (Lipinski definition) is 1. The number of hydrogen-bond acceptors (Lipinski definition) is 2. The summed E-state index contributed by atoms with van der Waals surface area (Å²) < 4.78 is 25.9. The van der Waals surface area contributed by atoms with Gasteiger partial charge in [-0.05, 0) is 18.4 Å². The fraction of sp³-hybridized carbons (Fsp3) is 1.00. The van der Waals surface area contributed by atoms with E-state index in [2.05, 4.69) is 12.2 Å². The minimum absolute atomic E-state index is 0. The summed E-state index contributed by atoms with van der Waals surface area (Å²) in [6.07, 6.45) is 1.14. The van der Waals surface area contributed by atoms with E-state index in [0.29, 0.717) is 6.54 Å². The van der Waals surface area contributed by atoms with Gasteiger partial charge in [0.05, 0.1) is 6.54 Å². The molecule has 0 aromatic rings. The summed E-state index contributed by atoms with van der Waals surface area (Å²) in [7, 11) is 0. The number of likely N-dealkylation sites (tertiary alicyclic amines) is 1. The van der Waals surface area contributed by atoms with Crippen LogP contribution in [0.15, 0.2) is 0 Å². The molecule has 0 aromatic carbocycles. The fourth-order valence-corrected chi connectivity index (χ4v) is 2.49. The monoisotopic (exact) mass is 240 g/mol. The molecule has 2 aliphatic heterocycles. The van der Waals surface area contributed by atoms with Crippen LogP contribution in [0.4, 0.5) is 8.78 Å². The van der Waals surface area contributed by atoms with Gasteiger partial charge in [-0.1, -0.05) is 6.92 Å². The Bertz CT molecular complexity index is 217. The molecule has 2 saturated heterocycles. The average molecular weight is 241 g/mol. The Labute approximate surface area is 95.8 Å². The van der Waals surface area contributed by atoms with E-state index in [1.165, 1.54) is 0 Å². The first kappa shape index (κ1) is 13.1. The van der Waals surface area contributed by atoms with Crippen molar-refractivity contribution in [3.63, 3.8) is 0 Å². The number of nitrogens with one attached hydrogen (secondary N) is 1. The highest BCUT2D eigenvalue weighted by Gasteiger charge is 2.41. The third kappa shape index (κ3) is 3.26. The van der Waals surface area contributed by atoms with Crippen molar-refractivity contribution in [2.75, 3.05) is 32.7 Å². The van der Waals surface area contributed by atoms with E-state index >= 15 is 0 Å². The first-order valence-electron chi connectivity index (χ1n) is 5.30. The summed E-state index contributed by atoms with van der Waals surface area (Å²) in [5, 5.41) is 3.29. The van der Waals surface area contributed by atoms with E-state index in [1.54, 1.807) is 0 Å². The molecule has 0 radical (unpaired) electrons. The molecule has 2 rings (SSSR count). The standard InChI is InChI=1S/C10H18F2N2.ClH/c1-9(2-4-13-6-9)7-14-5-3-10(11,12)8-14;/h13H,2-8H2,1H3;1H. The van der Waals surface area contributed by atoms with Gasteiger partial charge in [0.1, 0.15) is 0 Å². The van der Waals surface area contributed by atoms with Crippen LogP contribution in [0.5, 0.6) is 0 Å². The van der Waals surface area contributed by atoms with E-state index in [4.69, 9.17) is 0 Å². The molecule has 0 amide bonds. The topological polar surface area (TPSA) is 15.3 Å². The summed E-state index contributed by atoms with van der Waals surface area (Å²) in [4.78, 5) is 1.91. The summed E-state index contributed by atoms with van der Waals surface area (Å²) in [6.45, 7) is 5.51. The summed E-state index contributed by atoms with van der Waals surface area (Å²) in [6, 6.07) is 0. The van der Waals surface area contributed by atoms with Crippen LogP contribution in [0, 0.1) is 5.41 Å². The van der Waals surface area contributed by atoms with Crippen molar-refractivity contribution in [2.24, 2.45) is 5.41 Å². The normalized spacial score (nSPS) is 35.4. The molecular formula is C10H19ClF2N2. The molecule has 2 fully saturated rings. The molecule has 0 bridgehead atoms. The number of rotatable bonds is 2. The maximum atomic E-state index is 12.9. The zero-order chi connectivity index (χ0) is 10.2. The summed E-state index contributed by atoms with van der Waals surface area (Å²) in [5.41, 5.74) is 0.209. The predicted octanol–water partition coefficient (Wildman–Crippen LogP) is 1.75. The van der Waals surface area contributed by atoms with Crippen LogP contribution in [0.3, 0.4) is 0 Å². The van der Waals surface area contributed by atoms with Crippen LogP contribution in [0.1, 0.15) is 19.8 Å². The molecule has 1 unspecified atom stereocenters. The Kier molecular flexibility index (Phi) is 3.95. The highest BCUT2D eigenvalue weighted by atomic mass is 35.5. The molecule has 15 heavy (non-hydrogen) atoms. The van der Waals surface area contributed by atoms with Gasteiger partial charge in [0.2, 0.25) is 0 Å². The Hall–Kier alpha value is 0.0700. The van der Waals surface area contributed by atoms with Gasteiger partial charge < -0.3 is 5.32 Å².